The van der Waals surface area contributed by atoms with Crippen molar-refractivity contribution in [3.63, 3.8) is 0 Å². The van der Waals surface area contributed by atoms with E-state index in [1.54, 1.807) is 10.8 Å². The van der Waals surface area contributed by atoms with Gasteiger partial charge in [-0.25, -0.2) is 4.68 Å². The fourth-order valence-electron chi connectivity index (χ4n) is 4.03. The second kappa shape index (κ2) is 11.9. The molecule has 0 saturated heterocycles. The molecule has 0 saturated carbocycles. The Bertz CT molecular complexity index is 1430. The minimum absolute atomic E-state index is 0.0113. The van der Waals surface area contributed by atoms with E-state index in [9.17, 15) is 10.1 Å². The first-order valence-corrected chi connectivity index (χ1v) is 12.4. The lowest BCUT2D eigenvalue weighted by Crippen LogP contribution is -2.27. The van der Waals surface area contributed by atoms with Gasteiger partial charge in [0.2, 0.25) is 0 Å². The standard InChI is InChI=1S/C31H30N4O2/c1-4-17-37-28-15-16-29(22(2)18-28)30-26(21-35(34-30)27-13-9-6-10-14-27)19-25(20-32)31(36)33-23(3)24-11-7-5-8-12-24/h5-16,18-19,21,23H,4,17H2,1-3H3,(H,33,36)/b25-19+/t23-/m1/s1. The van der Waals surface area contributed by atoms with E-state index in [-0.39, 0.29) is 11.6 Å². The summed E-state index contributed by atoms with van der Waals surface area (Å²) in [6.45, 7) is 6.62. The van der Waals surface area contributed by atoms with Gasteiger partial charge in [0, 0.05) is 17.3 Å². The van der Waals surface area contributed by atoms with Gasteiger partial charge in [0.05, 0.1) is 18.3 Å². The first-order valence-electron chi connectivity index (χ1n) is 12.4. The summed E-state index contributed by atoms with van der Waals surface area (Å²) in [7, 11) is 0. The third kappa shape index (κ3) is 6.14. The van der Waals surface area contributed by atoms with Crippen molar-refractivity contribution in [2.45, 2.75) is 33.2 Å². The van der Waals surface area contributed by atoms with Gasteiger partial charge in [-0.2, -0.15) is 10.4 Å². The van der Waals surface area contributed by atoms with Crippen LogP contribution in [0.1, 0.15) is 43.0 Å². The average Bonchev–Trinajstić information content (AvgIpc) is 3.35. The summed E-state index contributed by atoms with van der Waals surface area (Å²) in [6.07, 6.45) is 4.38. The van der Waals surface area contributed by atoms with Crippen LogP contribution in [0.15, 0.2) is 90.6 Å². The Labute approximate surface area is 217 Å². The number of amides is 1. The van der Waals surface area contributed by atoms with Crippen molar-refractivity contribution in [1.82, 2.24) is 15.1 Å². The van der Waals surface area contributed by atoms with Crippen LogP contribution < -0.4 is 10.1 Å². The lowest BCUT2D eigenvalue weighted by Gasteiger charge is -2.13. The van der Waals surface area contributed by atoms with Crippen molar-refractivity contribution >= 4 is 12.0 Å². The predicted molar refractivity (Wildman–Crippen MR) is 146 cm³/mol. The Balaban J connectivity index is 1.72. The molecule has 186 valence electrons. The van der Waals surface area contributed by atoms with Crippen LogP contribution in [-0.2, 0) is 4.79 Å². The van der Waals surface area contributed by atoms with E-state index in [1.165, 1.54) is 0 Å². The minimum Gasteiger partial charge on any atom is -0.494 e. The van der Waals surface area contributed by atoms with Gasteiger partial charge in [-0.05, 0) is 67.8 Å². The molecule has 0 aliphatic carbocycles. The number of nitriles is 1. The summed E-state index contributed by atoms with van der Waals surface area (Å²) in [5.74, 6) is 0.368. The highest BCUT2D eigenvalue weighted by atomic mass is 16.5. The highest BCUT2D eigenvalue weighted by Crippen LogP contribution is 2.31. The zero-order chi connectivity index (χ0) is 26.2. The minimum atomic E-state index is -0.433. The lowest BCUT2D eigenvalue weighted by atomic mass is 10.0. The second-order valence-corrected chi connectivity index (χ2v) is 8.81. The van der Waals surface area contributed by atoms with Gasteiger partial charge in [0.25, 0.3) is 5.91 Å². The van der Waals surface area contributed by atoms with Crippen molar-refractivity contribution in [3.8, 4) is 28.8 Å². The molecule has 0 aliphatic heterocycles. The van der Waals surface area contributed by atoms with E-state index in [4.69, 9.17) is 9.84 Å². The Morgan fingerprint density at radius 1 is 1.11 bits per heavy atom. The molecule has 1 atom stereocenters. The number of rotatable bonds is 9. The van der Waals surface area contributed by atoms with Crippen LogP contribution in [0.5, 0.6) is 5.75 Å². The molecule has 3 aromatic carbocycles. The highest BCUT2D eigenvalue weighted by Gasteiger charge is 2.18. The van der Waals surface area contributed by atoms with Gasteiger partial charge in [-0.3, -0.25) is 4.79 Å². The van der Waals surface area contributed by atoms with Crippen molar-refractivity contribution < 1.29 is 9.53 Å². The van der Waals surface area contributed by atoms with Crippen LogP contribution in [0.25, 0.3) is 23.0 Å². The summed E-state index contributed by atoms with van der Waals surface area (Å²) in [5, 5.41) is 17.7. The summed E-state index contributed by atoms with van der Waals surface area (Å²) in [5.41, 5.74) is 5.10. The molecule has 4 aromatic rings. The number of hydrogen-bond acceptors (Lipinski definition) is 4. The number of carbonyl (C=O) groups is 1. The Hall–Kier alpha value is -4.63. The van der Waals surface area contributed by atoms with Crippen molar-refractivity contribution in [1.29, 1.82) is 5.26 Å². The number of hydrogen-bond donors (Lipinski definition) is 1. The first-order chi connectivity index (χ1) is 18.0. The fourth-order valence-corrected chi connectivity index (χ4v) is 4.03. The van der Waals surface area contributed by atoms with E-state index in [1.807, 2.05) is 98.9 Å². The number of ether oxygens (including phenoxy) is 1. The zero-order valence-corrected chi connectivity index (χ0v) is 21.3. The maximum atomic E-state index is 13.1. The number of benzene rings is 3. The zero-order valence-electron chi connectivity index (χ0n) is 21.3. The molecule has 0 spiro atoms. The average molecular weight is 491 g/mol. The van der Waals surface area contributed by atoms with E-state index in [0.29, 0.717) is 17.9 Å². The molecule has 6 heteroatoms. The highest BCUT2D eigenvalue weighted by molar-refractivity contribution is 6.02. The number of para-hydroxylation sites is 1. The largest absolute Gasteiger partial charge is 0.494 e. The monoisotopic (exact) mass is 490 g/mol. The molecule has 0 bridgehead atoms. The summed E-state index contributed by atoms with van der Waals surface area (Å²) in [6, 6.07) is 27.1. The maximum Gasteiger partial charge on any atom is 0.262 e. The van der Waals surface area contributed by atoms with Gasteiger partial charge in [0.1, 0.15) is 23.1 Å². The second-order valence-electron chi connectivity index (χ2n) is 8.81. The molecule has 37 heavy (non-hydrogen) atoms. The third-order valence-corrected chi connectivity index (χ3v) is 6.00. The molecule has 4 rings (SSSR count). The summed E-state index contributed by atoms with van der Waals surface area (Å²) >= 11 is 0. The van der Waals surface area contributed by atoms with Crippen LogP contribution in [0.4, 0.5) is 0 Å². The van der Waals surface area contributed by atoms with Crippen LogP contribution >= 0.6 is 0 Å². The van der Waals surface area contributed by atoms with Crippen molar-refractivity contribution in [2.75, 3.05) is 6.61 Å². The van der Waals surface area contributed by atoms with Gasteiger partial charge in [-0.15, -0.1) is 0 Å². The van der Waals surface area contributed by atoms with E-state index in [0.717, 1.165) is 34.5 Å². The molecule has 0 fully saturated rings. The normalized spacial score (nSPS) is 12.0. The van der Waals surface area contributed by atoms with Crippen LogP contribution in [0, 0.1) is 18.3 Å². The van der Waals surface area contributed by atoms with Gasteiger partial charge in [-0.1, -0.05) is 55.5 Å². The molecule has 1 aromatic heterocycles. The molecule has 1 amide bonds. The maximum absolute atomic E-state index is 13.1. The molecule has 6 nitrogen and oxygen atoms in total. The molecule has 0 aliphatic rings. The van der Waals surface area contributed by atoms with Gasteiger partial charge < -0.3 is 10.1 Å². The molecule has 0 unspecified atom stereocenters. The van der Waals surface area contributed by atoms with E-state index < -0.39 is 5.91 Å². The topological polar surface area (TPSA) is 79.9 Å². The Morgan fingerprint density at radius 2 is 1.81 bits per heavy atom. The van der Waals surface area contributed by atoms with Gasteiger partial charge >= 0.3 is 0 Å². The van der Waals surface area contributed by atoms with Crippen LogP contribution in [0.3, 0.4) is 0 Å². The summed E-state index contributed by atoms with van der Waals surface area (Å²) in [4.78, 5) is 13.1. The smallest absolute Gasteiger partial charge is 0.262 e. The molecular formula is C31H30N4O2. The fraction of sp³-hybridized carbons (Fsp3) is 0.194. The number of carbonyl (C=O) groups excluding carboxylic acids is 1. The van der Waals surface area contributed by atoms with E-state index in [2.05, 4.69) is 18.3 Å². The first kappa shape index (κ1) is 25.5. The Morgan fingerprint density at radius 3 is 2.46 bits per heavy atom. The molecule has 0 radical (unpaired) electrons. The number of nitrogens with zero attached hydrogens (tertiary/aromatic N) is 3. The number of aromatic nitrogens is 2. The lowest BCUT2D eigenvalue weighted by molar-refractivity contribution is -0.117. The van der Waals surface area contributed by atoms with Gasteiger partial charge in [0.15, 0.2) is 0 Å². The summed E-state index contributed by atoms with van der Waals surface area (Å²) < 4.78 is 7.55. The predicted octanol–water partition coefficient (Wildman–Crippen LogP) is 6.42. The number of nitrogens with one attached hydrogen (secondary N) is 1. The van der Waals surface area contributed by atoms with Crippen LogP contribution in [0.2, 0.25) is 0 Å². The molecule has 1 N–H and O–H groups in total. The number of aryl methyl sites for hydroxylation is 1. The molecule has 1 heterocycles. The third-order valence-electron chi connectivity index (χ3n) is 6.00. The van der Waals surface area contributed by atoms with Crippen molar-refractivity contribution in [2.24, 2.45) is 0 Å². The molecular weight excluding hydrogens is 460 g/mol. The quantitative estimate of drug-likeness (QED) is 0.217. The van der Waals surface area contributed by atoms with E-state index >= 15 is 0 Å². The van der Waals surface area contributed by atoms with Crippen LogP contribution in [-0.4, -0.2) is 22.3 Å². The Kier molecular flexibility index (Phi) is 8.17. The SMILES string of the molecule is CCCOc1ccc(-c2nn(-c3ccccc3)cc2/C=C(\C#N)C(=O)N[C@H](C)c2ccccc2)c(C)c1. The van der Waals surface area contributed by atoms with Crippen molar-refractivity contribution in [3.05, 3.63) is 107 Å².